The van der Waals surface area contributed by atoms with Crippen molar-refractivity contribution in [3.8, 4) is 0 Å². The van der Waals surface area contributed by atoms with Crippen LogP contribution in [0.15, 0.2) is 66.7 Å². The SMILES string of the molecule is CCN1CCc2c(c3cc(C)ccc3n2CC(O)Cn2c3ccccc3c3ccccc32)C1. The fourth-order valence-electron chi connectivity index (χ4n) is 5.78. The molecule has 1 N–H and O–H groups in total. The highest BCUT2D eigenvalue weighted by molar-refractivity contribution is 6.07. The molecule has 0 bridgehead atoms. The average Bonchev–Trinajstić information content (AvgIpc) is 3.31. The molecule has 1 unspecified atom stereocenters. The van der Waals surface area contributed by atoms with E-state index in [0.717, 1.165) is 26.1 Å². The molecule has 6 rings (SSSR count). The lowest BCUT2D eigenvalue weighted by molar-refractivity contribution is 0.137. The number of hydrogen-bond acceptors (Lipinski definition) is 2. The molecule has 1 atom stereocenters. The van der Waals surface area contributed by atoms with E-state index in [0.29, 0.717) is 13.1 Å². The summed E-state index contributed by atoms with van der Waals surface area (Å²) < 4.78 is 4.69. The van der Waals surface area contributed by atoms with Gasteiger partial charge in [0.05, 0.1) is 19.2 Å². The minimum Gasteiger partial charge on any atom is -0.389 e. The van der Waals surface area contributed by atoms with E-state index in [-0.39, 0.29) is 0 Å². The number of nitrogens with zero attached hydrogens (tertiary/aromatic N) is 3. The largest absolute Gasteiger partial charge is 0.389 e. The summed E-state index contributed by atoms with van der Waals surface area (Å²) in [6, 6.07) is 23.8. The average molecular weight is 438 g/mol. The summed E-state index contributed by atoms with van der Waals surface area (Å²) in [5.74, 6) is 0. The van der Waals surface area contributed by atoms with Gasteiger partial charge in [0, 0.05) is 57.9 Å². The van der Waals surface area contributed by atoms with E-state index >= 15 is 0 Å². The monoisotopic (exact) mass is 437 g/mol. The summed E-state index contributed by atoms with van der Waals surface area (Å²) in [5, 5.41) is 15.2. The van der Waals surface area contributed by atoms with Crippen molar-refractivity contribution in [2.45, 2.75) is 46.0 Å². The van der Waals surface area contributed by atoms with Crippen LogP contribution in [-0.4, -0.2) is 38.3 Å². The summed E-state index contributed by atoms with van der Waals surface area (Å²) in [5.41, 5.74) is 7.77. The van der Waals surface area contributed by atoms with E-state index in [2.05, 4.69) is 94.6 Å². The van der Waals surface area contributed by atoms with E-state index in [1.807, 2.05) is 0 Å². The van der Waals surface area contributed by atoms with Crippen LogP contribution in [0.3, 0.4) is 0 Å². The van der Waals surface area contributed by atoms with Crippen LogP contribution in [0.25, 0.3) is 32.7 Å². The maximum atomic E-state index is 11.4. The van der Waals surface area contributed by atoms with E-state index in [9.17, 15) is 5.11 Å². The van der Waals surface area contributed by atoms with Crippen LogP contribution in [0.5, 0.6) is 0 Å². The summed E-state index contributed by atoms with van der Waals surface area (Å²) >= 11 is 0. The molecule has 168 valence electrons. The van der Waals surface area contributed by atoms with Gasteiger partial charge in [-0.05, 0) is 43.3 Å². The summed E-state index contributed by atoms with van der Waals surface area (Å²) in [6.45, 7) is 8.76. The number of likely N-dealkylation sites (N-methyl/N-ethyl adjacent to an activating group) is 1. The molecule has 0 spiro atoms. The quantitative estimate of drug-likeness (QED) is 0.394. The van der Waals surface area contributed by atoms with Gasteiger partial charge < -0.3 is 14.2 Å². The van der Waals surface area contributed by atoms with Gasteiger partial charge in [0.25, 0.3) is 0 Å². The Bertz CT molecular complexity index is 1420. The molecule has 3 aromatic carbocycles. The first-order valence-electron chi connectivity index (χ1n) is 12.1. The molecule has 0 radical (unpaired) electrons. The van der Waals surface area contributed by atoms with Gasteiger partial charge in [0.15, 0.2) is 0 Å². The van der Waals surface area contributed by atoms with Crippen molar-refractivity contribution in [2.24, 2.45) is 0 Å². The van der Waals surface area contributed by atoms with Gasteiger partial charge in [-0.3, -0.25) is 4.90 Å². The molecule has 0 aliphatic carbocycles. The highest BCUT2D eigenvalue weighted by Gasteiger charge is 2.25. The van der Waals surface area contributed by atoms with Crippen LogP contribution in [0.2, 0.25) is 0 Å². The topological polar surface area (TPSA) is 33.3 Å². The summed E-state index contributed by atoms with van der Waals surface area (Å²) in [7, 11) is 0. The molecular formula is C29H31N3O. The maximum Gasteiger partial charge on any atom is 0.0897 e. The number of rotatable bonds is 5. The van der Waals surface area contributed by atoms with Crippen LogP contribution >= 0.6 is 0 Å². The Morgan fingerprint density at radius 1 is 0.818 bits per heavy atom. The minimum absolute atomic E-state index is 0.477. The zero-order valence-electron chi connectivity index (χ0n) is 19.5. The molecule has 0 saturated heterocycles. The van der Waals surface area contributed by atoms with Crippen LogP contribution in [0.1, 0.15) is 23.7 Å². The molecule has 2 aromatic heterocycles. The van der Waals surface area contributed by atoms with E-state index in [1.165, 1.54) is 49.5 Å². The van der Waals surface area contributed by atoms with Gasteiger partial charge in [-0.25, -0.2) is 0 Å². The van der Waals surface area contributed by atoms with Crippen molar-refractivity contribution in [1.82, 2.24) is 14.0 Å². The predicted molar refractivity (Wildman–Crippen MR) is 137 cm³/mol. The lowest BCUT2D eigenvalue weighted by Crippen LogP contribution is -2.31. The smallest absolute Gasteiger partial charge is 0.0897 e. The molecule has 0 amide bonds. The van der Waals surface area contributed by atoms with Crippen LogP contribution < -0.4 is 0 Å². The maximum absolute atomic E-state index is 11.4. The first-order valence-corrected chi connectivity index (χ1v) is 12.1. The zero-order valence-corrected chi connectivity index (χ0v) is 19.5. The van der Waals surface area contributed by atoms with Crippen molar-refractivity contribution < 1.29 is 5.11 Å². The second-order valence-electron chi connectivity index (χ2n) is 9.47. The number of hydrogen-bond donors (Lipinski definition) is 1. The van der Waals surface area contributed by atoms with Gasteiger partial charge >= 0.3 is 0 Å². The number of aliphatic hydroxyl groups is 1. The predicted octanol–water partition coefficient (Wildman–Crippen LogP) is 5.50. The standard InChI is InChI=1S/C29H31N3O/c1-3-30-15-14-29-25(19-30)24-16-20(2)12-13-28(24)32(29)18-21(33)17-31-26-10-6-4-8-22(26)23-9-5-7-11-27(23)31/h4-13,16,21,33H,3,14-15,17-19H2,1-2H3. The Kier molecular flexibility index (Phi) is 5.01. The van der Waals surface area contributed by atoms with Crippen LogP contribution in [-0.2, 0) is 26.1 Å². The van der Waals surface area contributed by atoms with E-state index in [1.54, 1.807) is 0 Å². The van der Waals surface area contributed by atoms with Crippen LogP contribution in [0, 0.1) is 6.92 Å². The first-order chi connectivity index (χ1) is 16.1. The Morgan fingerprint density at radius 2 is 1.45 bits per heavy atom. The minimum atomic E-state index is -0.477. The normalized spacial score (nSPS) is 15.5. The lowest BCUT2D eigenvalue weighted by Gasteiger charge is -2.27. The van der Waals surface area contributed by atoms with Gasteiger partial charge in [0.1, 0.15) is 0 Å². The Hall–Kier alpha value is -3.08. The fraction of sp³-hybridized carbons (Fsp3) is 0.310. The number of aromatic nitrogens is 2. The molecule has 33 heavy (non-hydrogen) atoms. The third-order valence-corrected chi connectivity index (χ3v) is 7.40. The Morgan fingerprint density at radius 3 is 2.15 bits per heavy atom. The second-order valence-corrected chi connectivity index (χ2v) is 9.47. The number of aliphatic hydroxyl groups excluding tert-OH is 1. The highest BCUT2D eigenvalue weighted by Crippen LogP contribution is 2.33. The van der Waals surface area contributed by atoms with Crippen LogP contribution in [0.4, 0.5) is 0 Å². The summed E-state index contributed by atoms with van der Waals surface area (Å²) in [4.78, 5) is 2.52. The summed E-state index contributed by atoms with van der Waals surface area (Å²) in [6.07, 6.45) is 0.563. The van der Waals surface area contributed by atoms with Crippen molar-refractivity contribution in [1.29, 1.82) is 0 Å². The lowest BCUT2D eigenvalue weighted by atomic mass is 10.0. The van der Waals surface area contributed by atoms with Gasteiger partial charge in [-0.1, -0.05) is 55.0 Å². The molecule has 1 aliphatic rings. The van der Waals surface area contributed by atoms with Crippen molar-refractivity contribution in [3.63, 3.8) is 0 Å². The third-order valence-electron chi connectivity index (χ3n) is 7.40. The molecule has 4 heteroatoms. The number of fused-ring (bicyclic) bond motifs is 6. The molecule has 0 fully saturated rings. The number of aryl methyl sites for hydroxylation is 1. The zero-order chi connectivity index (χ0) is 22.5. The first kappa shape index (κ1) is 20.5. The molecule has 4 nitrogen and oxygen atoms in total. The number of benzene rings is 3. The van der Waals surface area contributed by atoms with Crippen molar-refractivity contribution in [2.75, 3.05) is 13.1 Å². The fourth-order valence-corrected chi connectivity index (χ4v) is 5.78. The second kappa shape index (κ2) is 8.05. The molecular weight excluding hydrogens is 406 g/mol. The highest BCUT2D eigenvalue weighted by atomic mass is 16.3. The van der Waals surface area contributed by atoms with Gasteiger partial charge in [0.2, 0.25) is 0 Å². The van der Waals surface area contributed by atoms with Crippen molar-refractivity contribution in [3.05, 3.63) is 83.6 Å². The third kappa shape index (κ3) is 3.36. The van der Waals surface area contributed by atoms with Gasteiger partial charge in [-0.2, -0.15) is 0 Å². The Balaban J connectivity index is 1.39. The molecule has 5 aromatic rings. The molecule has 3 heterocycles. The molecule has 0 saturated carbocycles. The van der Waals surface area contributed by atoms with E-state index in [4.69, 9.17) is 0 Å². The number of para-hydroxylation sites is 2. The van der Waals surface area contributed by atoms with Gasteiger partial charge in [-0.15, -0.1) is 0 Å². The van der Waals surface area contributed by atoms with E-state index < -0.39 is 6.10 Å². The Labute approximate surface area is 194 Å². The molecule has 1 aliphatic heterocycles. The van der Waals surface area contributed by atoms with Crippen molar-refractivity contribution >= 4 is 32.7 Å².